The van der Waals surface area contributed by atoms with Gasteiger partial charge in [-0.15, -0.1) is 0 Å². The molecule has 0 unspecified atom stereocenters. The van der Waals surface area contributed by atoms with E-state index in [1.807, 2.05) is 0 Å². The molecule has 0 radical (unpaired) electrons. The molecule has 25 heavy (non-hydrogen) atoms. The summed E-state index contributed by atoms with van der Waals surface area (Å²) in [6.07, 6.45) is 6.66. The summed E-state index contributed by atoms with van der Waals surface area (Å²) in [5.74, 6) is 1.69. The van der Waals surface area contributed by atoms with Gasteiger partial charge in [-0.3, -0.25) is 9.89 Å². The topological polar surface area (TPSA) is 73.1 Å². The molecule has 1 atom stereocenters. The van der Waals surface area contributed by atoms with Crippen molar-refractivity contribution in [2.75, 3.05) is 39.3 Å². The van der Waals surface area contributed by atoms with Crippen LogP contribution in [0.2, 0.25) is 0 Å². The van der Waals surface area contributed by atoms with E-state index in [-0.39, 0.29) is 5.92 Å². The van der Waals surface area contributed by atoms with Gasteiger partial charge in [-0.2, -0.15) is 5.10 Å². The quantitative estimate of drug-likeness (QED) is 0.778. The first kappa shape index (κ1) is 17.0. The van der Waals surface area contributed by atoms with Crippen LogP contribution in [0.3, 0.4) is 0 Å². The van der Waals surface area contributed by atoms with Crippen molar-refractivity contribution < 1.29 is 4.79 Å². The number of carbonyl (C=O) groups excluding carboxylic acids is 1. The number of rotatable bonds is 3. The number of carbonyl (C=O) groups is 1. The number of nitrogens with one attached hydrogen (secondary N) is 3. The highest BCUT2D eigenvalue weighted by Gasteiger charge is 2.30. The number of piperidine rings is 3. The Kier molecular flexibility index (Phi) is 5.36. The fourth-order valence-electron chi connectivity index (χ4n) is 4.62. The molecule has 0 spiro atoms. The van der Waals surface area contributed by atoms with E-state index in [1.54, 1.807) is 0 Å². The summed E-state index contributed by atoms with van der Waals surface area (Å²) in [7, 11) is 0. The van der Waals surface area contributed by atoms with E-state index >= 15 is 0 Å². The maximum absolute atomic E-state index is 12.7. The van der Waals surface area contributed by atoms with Crippen LogP contribution >= 0.6 is 0 Å². The van der Waals surface area contributed by atoms with Gasteiger partial charge in [0.05, 0.1) is 11.6 Å². The number of hydrogen-bond acceptors (Lipinski definition) is 4. The lowest BCUT2D eigenvalue weighted by Gasteiger charge is -2.35. The minimum Gasteiger partial charge on any atom is -0.342 e. The van der Waals surface area contributed by atoms with Crippen molar-refractivity contribution in [3.05, 3.63) is 17.5 Å². The van der Waals surface area contributed by atoms with E-state index in [9.17, 15) is 4.79 Å². The molecule has 4 rings (SSSR count). The molecule has 4 heterocycles. The van der Waals surface area contributed by atoms with Crippen molar-refractivity contribution in [1.82, 2.24) is 25.7 Å². The molecular weight excluding hydrogens is 314 g/mol. The zero-order valence-corrected chi connectivity index (χ0v) is 15.1. The Morgan fingerprint density at radius 2 is 1.80 bits per heavy atom. The molecule has 1 aromatic heterocycles. The van der Waals surface area contributed by atoms with E-state index in [1.165, 1.54) is 24.2 Å². The first-order valence-electron chi connectivity index (χ1n) is 10.1. The second-order valence-electron chi connectivity index (χ2n) is 7.92. The number of nitrogens with zero attached hydrogens (tertiary/aromatic N) is 2. The molecule has 0 aliphatic carbocycles. The van der Waals surface area contributed by atoms with Crippen molar-refractivity contribution in [2.45, 2.75) is 50.4 Å². The lowest BCUT2D eigenvalue weighted by molar-refractivity contribution is -0.137. The maximum atomic E-state index is 12.7. The lowest BCUT2D eigenvalue weighted by Crippen LogP contribution is -2.45. The van der Waals surface area contributed by atoms with Gasteiger partial charge in [0, 0.05) is 37.2 Å². The van der Waals surface area contributed by atoms with Crippen molar-refractivity contribution in [3.8, 4) is 0 Å². The average molecular weight is 345 g/mol. The number of hydrogen-bond donors (Lipinski definition) is 3. The third-order valence-electron chi connectivity index (χ3n) is 6.27. The summed E-state index contributed by atoms with van der Waals surface area (Å²) in [6, 6.07) is 2.29. The van der Waals surface area contributed by atoms with Gasteiger partial charge in [-0.25, -0.2) is 0 Å². The predicted octanol–water partition coefficient (Wildman–Crippen LogP) is 1.58. The van der Waals surface area contributed by atoms with Crippen LogP contribution in [0.4, 0.5) is 0 Å². The lowest BCUT2D eigenvalue weighted by atomic mass is 9.90. The average Bonchev–Trinajstić information content (AvgIpc) is 3.19. The summed E-state index contributed by atoms with van der Waals surface area (Å²) in [5, 5.41) is 14.7. The minimum atomic E-state index is 0.198. The van der Waals surface area contributed by atoms with Crippen LogP contribution in [0.15, 0.2) is 6.07 Å². The van der Waals surface area contributed by atoms with Crippen LogP contribution in [-0.2, 0) is 4.79 Å². The van der Waals surface area contributed by atoms with Crippen molar-refractivity contribution in [2.24, 2.45) is 5.92 Å². The molecule has 0 bridgehead atoms. The van der Waals surface area contributed by atoms with E-state index in [0.29, 0.717) is 17.7 Å². The highest BCUT2D eigenvalue weighted by molar-refractivity contribution is 5.79. The summed E-state index contributed by atoms with van der Waals surface area (Å²) >= 11 is 0. The zero-order valence-electron chi connectivity index (χ0n) is 15.1. The van der Waals surface area contributed by atoms with Crippen molar-refractivity contribution in [1.29, 1.82) is 0 Å². The van der Waals surface area contributed by atoms with E-state index in [2.05, 4.69) is 31.8 Å². The van der Waals surface area contributed by atoms with Crippen LogP contribution in [0.1, 0.15) is 61.7 Å². The SMILES string of the molecule is O=C([C@@H]1CCCNC1)N1CCC(c2cc(C3CCNCC3)n[nH]2)CC1. The standard InChI is InChI=1S/C19H31N5O/c25-19(16-2-1-7-21-13-16)24-10-5-15(6-11-24)18-12-17(22-23-18)14-3-8-20-9-4-14/h12,14-16,20-21H,1-11,13H2,(H,22,23)/t16-/m1/s1. The molecule has 3 N–H and O–H groups in total. The number of H-pyrrole nitrogens is 1. The Morgan fingerprint density at radius 3 is 2.52 bits per heavy atom. The normalized spacial score (nSPS) is 26.7. The molecular formula is C19H31N5O. The van der Waals surface area contributed by atoms with Crippen molar-refractivity contribution in [3.63, 3.8) is 0 Å². The largest absolute Gasteiger partial charge is 0.342 e. The van der Waals surface area contributed by atoms with Gasteiger partial charge in [0.25, 0.3) is 0 Å². The summed E-state index contributed by atoms with van der Waals surface area (Å²) in [6.45, 7) is 5.90. The molecule has 1 aromatic rings. The Labute approximate surface area is 150 Å². The third kappa shape index (κ3) is 3.90. The van der Waals surface area contributed by atoms with E-state index in [4.69, 9.17) is 0 Å². The smallest absolute Gasteiger partial charge is 0.226 e. The minimum absolute atomic E-state index is 0.198. The van der Waals surface area contributed by atoms with Gasteiger partial charge in [0.15, 0.2) is 0 Å². The molecule has 3 aliphatic rings. The first-order chi connectivity index (χ1) is 12.3. The summed E-state index contributed by atoms with van der Waals surface area (Å²) in [5.41, 5.74) is 2.52. The molecule has 6 heteroatoms. The van der Waals surface area contributed by atoms with Crippen molar-refractivity contribution >= 4 is 5.91 Å². The molecule has 0 saturated carbocycles. The van der Waals surface area contributed by atoms with Crippen LogP contribution in [0.5, 0.6) is 0 Å². The molecule has 0 aromatic carbocycles. The Bertz CT molecular complexity index is 566. The van der Waals surface area contributed by atoms with E-state index < -0.39 is 0 Å². The molecule has 3 fully saturated rings. The Balaban J connectivity index is 1.31. The second kappa shape index (κ2) is 7.87. The fraction of sp³-hybridized carbons (Fsp3) is 0.789. The number of aromatic amines is 1. The molecule has 3 aliphatic heterocycles. The third-order valence-corrected chi connectivity index (χ3v) is 6.27. The molecule has 6 nitrogen and oxygen atoms in total. The van der Waals surface area contributed by atoms with Crippen LogP contribution in [0.25, 0.3) is 0 Å². The summed E-state index contributed by atoms with van der Waals surface area (Å²) < 4.78 is 0. The highest BCUT2D eigenvalue weighted by Crippen LogP contribution is 2.31. The highest BCUT2D eigenvalue weighted by atomic mass is 16.2. The Morgan fingerprint density at radius 1 is 1.00 bits per heavy atom. The number of likely N-dealkylation sites (tertiary alicyclic amines) is 1. The monoisotopic (exact) mass is 345 g/mol. The molecule has 3 saturated heterocycles. The summed E-state index contributed by atoms with van der Waals surface area (Å²) in [4.78, 5) is 14.8. The Hall–Kier alpha value is -1.40. The van der Waals surface area contributed by atoms with Crippen LogP contribution in [-0.4, -0.2) is 60.3 Å². The maximum Gasteiger partial charge on any atom is 0.226 e. The van der Waals surface area contributed by atoms with Gasteiger partial charge < -0.3 is 15.5 Å². The second-order valence-corrected chi connectivity index (χ2v) is 7.92. The van der Waals surface area contributed by atoms with Gasteiger partial charge in [0.1, 0.15) is 0 Å². The van der Waals surface area contributed by atoms with E-state index in [0.717, 1.165) is 65.0 Å². The van der Waals surface area contributed by atoms with Gasteiger partial charge >= 0.3 is 0 Å². The fourth-order valence-corrected chi connectivity index (χ4v) is 4.62. The van der Waals surface area contributed by atoms with Crippen LogP contribution in [0, 0.1) is 5.92 Å². The van der Waals surface area contributed by atoms with Gasteiger partial charge in [-0.1, -0.05) is 0 Å². The number of aromatic nitrogens is 2. The number of amides is 1. The molecule has 138 valence electrons. The zero-order chi connectivity index (χ0) is 17.1. The van der Waals surface area contributed by atoms with Crippen LogP contribution < -0.4 is 10.6 Å². The first-order valence-corrected chi connectivity index (χ1v) is 10.1. The van der Waals surface area contributed by atoms with Gasteiger partial charge in [-0.05, 0) is 64.2 Å². The predicted molar refractivity (Wildman–Crippen MR) is 97.6 cm³/mol. The molecule has 1 amide bonds. The van der Waals surface area contributed by atoms with Gasteiger partial charge in [0.2, 0.25) is 5.91 Å².